The van der Waals surface area contributed by atoms with Crippen LogP contribution in [0, 0.1) is 10.8 Å². The lowest BCUT2D eigenvalue weighted by atomic mass is 9.84. The van der Waals surface area contributed by atoms with Crippen LogP contribution in [0.1, 0.15) is 67.2 Å². The molecular weight excluding hydrogens is 232 g/mol. The highest BCUT2D eigenvalue weighted by atomic mass is 16.5. The molecule has 18 heavy (non-hydrogen) atoms. The van der Waals surface area contributed by atoms with Crippen LogP contribution in [0.2, 0.25) is 0 Å². The van der Waals surface area contributed by atoms with Crippen molar-refractivity contribution in [2.45, 2.75) is 79.8 Å². The zero-order valence-electron chi connectivity index (χ0n) is 12.8. The Morgan fingerprint density at radius 2 is 0.778 bits per heavy atom. The summed E-state index contributed by atoms with van der Waals surface area (Å²) in [6.07, 6.45) is 0.880. The zero-order chi connectivity index (χ0) is 15.0. The molecule has 0 heterocycles. The van der Waals surface area contributed by atoms with Crippen molar-refractivity contribution in [1.82, 2.24) is 0 Å². The van der Waals surface area contributed by atoms with Gasteiger partial charge in [0, 0.05) is 10.8 Å². The summed E-state index contributed by atoms with van der Waals surface area (Å²) in [5, 5.41) is 35.3. The minimum absolute atomic E-state index is 0.306. The van der Waals surface area contributed by atoms with Crippen molar-refractivity contribution in [3.8, 4) is 0 Å². The molecule has 0 saturated carbocycles. The van der Waals surface area contributed by atoms with E-state index in [4.69, 9.17) is 20.4 Å². The lowest BCUT2D eigenvalue weighted by Crippen LogP contribution is -2.30. The van der Waals surface area contributed by atoms with Crippen LogP contribution in [0.4, 0.5) is 0 Å². The van der Waals surface area contributed by atoms with Crippen LogP contribution in [0.5, 0.6) is 0 Å². The summed E-state index contributed by atoms with van der Waals surface area (Å²) >= 11 is 0. The van der Waals surface area contributed by atoms with Crippen LogP contribution in [-0.4, -0.2) is 33.0 Å². The summed E-state index contributed by atoms with van der Waals surface area (Å²) in [6, 6.07) is 0. The first-order valence-corrected chi connectivity index (χ1v) is 6.85. The monoisotopic (exact) mass is 264 g/mol. The number of rotatable bonds is 6. The number of hydrogen-bond donors (Lipinski definition) is 4. The van der Waals surface area contributed by atoms with E-state index in [1.807, 2.05) is 41.5 Å². The Morgan fingerprint density at radius 1 is 0.611 bits per heavy atom. The lowest BCUT2D eigenvalue weighted by molar-refractivity contribution is -0.131. The van der Waals surface area contributed by atoms with Gasteiger partial charge in [0.2, 0.25) is 0 Å². The Bertz CT molecular complexity index is 172. The van der Waals surface area contributed by atoms with Gasteiger partial charge in [0.15, 0.2) is 12.6 Å². The van der Waals surface area contributed by atoms with Crippen LogP contribution >= 0.6 is 0 Å². The van der Waals surface area contributed by atoms with Gasteiger partial charge in [-0.15, -0.1) is 0 Å². The standard InChI is InChI=1S/2C7H16O2/c2*1-4-7(3,5-2)6(8)9/h2*6,8-9H,4-5H2,1-3H3. The van der Waals surface area contributed by atoms with Crippen molar-refractivity contribution >= 4 is 0 Å². The maximum atomic E-state index is 8.83. The molecule has 0 rings (SSSR count). The molecule has 0 aromatic carbocycles. The third-order valence-electron chi connectivity index (χ3n) is 4.48. The zero-order valence-corrected chi connectivity index (χ0v) is 12.8. The summed E-state index contributed by atoms with van der Waals surface area (Å²) in [7, 11) is 0. The molecule has 0 spiro atoms. The summed E-state index contributed by atoms with van der Waals surface area (Å²) < 4.78 is 0. The molecule has 4 N–H and O–H groups in total. The van der Waals surface area contributed by atoms with Crippen molar-refractivity contribution in [2.75, 3.05) is 0 Å². The molecule has 0 aliphatic carbocycles. The number of aliphatic hydroxyl groups excluding tert-OH is 2. The van der Waals surface area contributed by atoms with Gasteiger partial charge in [-0.05, 0) is 25.7 Å². The molecule has 4 nitrogen and oxygen atoms in total. The van der Waals surface area contributed by atoms with Crippen LogP contribution in [0.3, 0.4) is 0 Å². The highest BCUT2D eigenvalue weighted by molar-refractivity contribution is 4.72. The molecule has 0 bridgehead atoms. The van der Waals surface area contributed by atoms with Gasteiger partial charge in [0.05, 0.1) is 0 Å². The molecule has 0 aliphatic heterocycles. The maximum Gasteiger partial charge on any atom is 0.156 e. The van der Waals surface area contributed by atoms with E-state index in [2.05, 4.69) is 0 Å². The molecule has 0 unspecified atom stereocenters. The normalized spacial score (nSPS) is 12.7. The van der Waals surface area contributed by atoms with Crippen molar-refractivity contribution in [3.05, 3.63) is 0 Å². The lowest BCUT2D eigenvalue weighted by Gasteiger charge is -2.28. The van der Waals surface area contributed by atoms with Gasteiger partial charge in [-0.25, -0.2) is 0 Å². The van der Waals surface area contributed by atoms with Crippen LogP contribution in [0.15, 0.2) is 0 Å². The SMILES string of the molecule is CCC(C)(CC)C(O)O.CCC(C)(CC)C(O)O. The van der Waals surface area contributed by atoms with E-state index in [9.17, 15) is 0 Å². The Balaban J connectivity index is 0. The van der Waals surface area contributed by atoms with Crippen LogP contribution < -0.4 is 0 Å². The maximum absolute atomic E-state index is 8.83. The quantitative estimate of drug-likeness (QED) is 0.555. The van der Waals surface area contributed by atoms with E-state index in [1.54, 1.807) is 0 Å². The van der Waals surface area contributed by atoms with Gasteiger partial charge in [0.25, 0.3) is 0 Å². The third kappa shape index (κ3) is 6.14. The van der Waals surface area contributed by atoms with Gasteiger partial charge in [-0.2, -0.15) is 0 Å². The van der Waals surface area contributed by atoms with Crippen molar-refractivity contribution < 1.29 is 20.4 Å². The van der Waals surface area contributed by atoms with Gasteiger partial charge < -0.3 is 20.4 Å². The Hall–Kier alpha value is -0.160. The molecule has 0 aliphatic rings. The summed E-state index contributed by atoms with van der Waals surface area (Å²) in [6.45, 7) is 11.6. The van der Waals surface area contributed by atoms with E-state index in [0.29, 0.717) is 0 Å². The summed E-state index contributed by atoms with van der Waals surface area (Å²) in [5.41, 5.74) is -0.611. The third-order valence-corrected chi connectivity index (χ3v) is 4.48. The fourth-order valence-electron chi connectivity index (χ4n) is 1.23. The van der Waals surface area contributed by atoms with Crippen LogP contribution in [-0.2, 0) is 0 Å². The fourth-order valence-corrected chi connectivity index (χ4v) is 1.23. The molecule has 0 aromatic heterocycles. The summed E-state index contributed by atoms with van der Waals surface area (Å²) in [4.78, 5) is 0. The minimum Gasteiger partial charge on any atom is -0.368 e. The van der Waals surface area contributed by atoms with Gasteiger partial charge in [-0.3, -0.25) is 0 Å². The molecule has 0 radical (unpaired) electrons. The first-order chi connectivity index (χ1) is 8.13. The molecule has 0 aromatic rings. The average Bonchev–Trinajstić information content (AvgIpc) is 2.36. The first kappa shape index (κ1) is 20.2. The minimum atomic E-state index is -1.17. The summed E-state index contributed by atoms with van der Waals surface area (Å²) in [5.74, 6) is 0. The molecule has 0 fully saturated rings. The molecule has 0 saturated heterocycles. The van der Waals surface area contributed by atoms with E-state index in [0.717, 1.165) is 25.7 Å². The van der Waals surface area contributed by atoms with E-state index in [1.165, 1.54) is 0 Å². The van der Waals surface area contributed by atoms with Crippen molar-refractivity contribution in [3.63, 3.8) is 0 Å². The van der Waals surface area contributed by atoms with E-state index in [-0.39, 0.29) is 10.8 Å². The Morgan fingerprint density at radius 3 is 0.778 bits per heavy atom. The van der Waals surface area contributed by atoms with Gasteiger partial charge in [0.1, 0.15) is 0 Å². The molecule has 4 heteroatoms. The fraction of sp³-hybridized carbons (Fsp3) is 1.00. The van der Waals surface area contributed by atoms with E-state index >= 15 is 0 Å². The molecule has 0 amide bonds. The second-order valence-corrected chi connectivity index (χ2v) is 5.47. The first-order valence-electron chi connectivity index (χ1n) is 6.85. The predicted molar refractivity (Wildman–Crippen MR) is 73.8 cm³/mol. The Kier molecular flexibility index (Phi) is 9.92. The van der Waals surface area contributed by atoms with Crippen LogP contribution in [0.25, 0.3) is 0 Å². The second-order valence-electron chi connectivity index (χ2n) is 5.47. The molecule has 112 valence electrons. The van der Waals surface area contributed by atoms with Crippen molar-refractivity contribution in [1.29, 1.82) is 0 Å². The van der Waals surface area contributed by atoms with Gasteiger partial charge >= 0.3 is 0 Å². The average molecular weight is 264 g/mol. The highest BCUT2D eigenvalue weighted by Gasteiger charge is 2.27. The van der Waals surface area contributed by atoms with Crippen molar-refractivity contribution in [2.24, 2.45) is 10.8 Å². The largest absolute Gasteiger partial charge is 0.368 e. The molecular formula is C14H32O4. The van der Waals surface area contributed by atoms with E-state index < -0.39 is 12.6 Å². The predicted octanol–water partition coefficient (Wildman–Crippen LogP) is 2.25. The van der Waals surface area contributed by atoms with Gasteiger partial charge in [-0.1, -0.05) is 41.5 Å². The molecule has 0 atom stereocenters. The smallest absolute Gasteiger partial charge is 0.156 e. The highest BCUT2D eigenvalue weighted by Crippen LogP contribution is 2.28. The topological polar surface area (TPSA) is 80.9 Å². The Labute approximate surface area is 112 Å². The second kappa shape index (κ2) is 8.86. The number of hydrogen-bond acceptors (Lipinski definition) is 4. The number of aliphatic hydroxyl groups is 4.